The van der Waals surface area contributed by atoms with E-state index in [4.69, 9.17) is 0 Å². The molecule has 15 heavy (non-hydrogen) atoms. The summed E-state index contributed by atoms with van der Waals surface area (Å²) in [5.41, 5.74) is 1.00. The van der Waals surface area contributed by atoms with Crippen LogP contribution in [-0.2, 0) is 6.42 Å². The number of urea groups is 1. The van der Waals surface area contributed by atoms with E-state index in [-0.39, 0.29) is 6.03 Å². The van der Waals surface area contributed by atoms with Gasteiger partial charge in [-0.2, -0.15) is 0 Å². The van der Waals surface area contributed by atoms with E-state index < -0.39 is 0 Å². The largest absolute Gasteiger partial charge is 0.365 e. The van der Waals surface area contributed by atoms with E-state index in [1.807, 2.05) is 12.4 Å². The van der Waals surface area contributed by atoms with Crippen molar-refractivity contribution >= 4 is 22.5 Å². The van der Waals surface area contributed by atoms with Gasteiger partial charge in [0.2, 0.25) is 0 Å². The first kappa shape index (κ1) is 11.8. The van der Waals surface area contributed by atoms with Crippen LogP contribution in [0.1, 0.15) is 5.69 Å². The maximum Gasteiger partial charge on any atom is 0.316 e. The number of hydrogen-bond acceptors (Lipinski definition) is 4. The summed E-state index contributed by atoms with van der Waals surface area (Å²) in [4.78, 5) is 17.0. The smallest absolute Gasteiger partial charge is 0.316 e. The second-order valence-electron chi connectivity index (χ2n) is 3.27. The molecule has 0 aromatic carbocycles. The maximum absolute atomic E-state index is 11.2. The molecule has 0 aliphatic rings. The average Bonchev–Trinajstić information content (AvgIpc) is 2.65. The normalized spacial score (nSPS) is 9.80. The van der Waals surface area contributed by atoms with Crippen molar-refractivity contribution in [3.05, 3.63) is 11.1 Å². The highest BCUT2D eigenvalue weighted by Gasteiger charge is 2.03. The van der Waals surface area contributed by atoms with Gasteiger partial charge in [0.15, 0.2) is 5.13 Å². The molecule has 0 spiro atoms. The molecule has 1 aromatic rings. The Morgan fingerprint density at radius 2 is 2.33 bits per heavy atom. The van der Waals surface area contributed by atoms with Gasteiger partial charge in [0, 0.05) is 39.5 Å². The first-order valence-corrected chi connectivity index (χ1v) is 5.58. The summed E-state index contributed by atoms with van der Waals surface area (Å²) >= 11 is 1.57. The molecule has 1 heterocycles. The maximum atomic E-state index is 11.2. The zero-order valence-corrected chi connectivity index (χ0v) is 10.0. The Morgan fingerprint density at radius 3 is 2.87 bits per heavy atom. The van der Waals surface area contributed by atoms with Gasteiger partial charge in [-0.3, -0.25) is 0 Å². The van der Waals surface area contributed by atoms with Gasteiger partial charge in [0.1, 0.15) is 0 Å². The molecule has 0 atom stereocenters. The van der Waals surface area contributed by atoms with Crippen LogP contribution in [0.4, 0.5) is 9.93 Å². The molecule has 0 aliphatic carbocycles. The SMILES string of the molecule is CNc1nc(CCNC(=O)N(C)C)cs1. The lowest BCUT2D eigenvalue weighted by Crippen LogP contribution is -2.35. The van der Waals surface area contributed by atoms with Gasteiger partial charge in [-0.05, 0) is 0 Å². The fraction of sp³-hybridized carbons (Fsp3) is 0.556. The number of nitrogens with one attached hydrogen (secondary N) is 2. The van der Waals surface area contributed by atoms with Crippen molar-refractivity contribution in [3.8, 4) is 0 Å². The predicted molar refractivity (Wildman–Crippen MR) is 62.5 cm³/mol. The monoisotopic (exact) mass is 228 g/mol. The minimum Gasteiger partial charge on any atom is -0.365 e. The summed E-state index contributed by atoms with van der Waals surface area (Å²) in [5.74, 6) is 0. The van der Waals surface area contributed by atoms with Gasteiger partial charge in [-0.25, -0.2) is 9.78 Å². The lowest BCUT2D eigenvalue weighted by molar-refractivity contribution is 0.217. The summed E-state index contributed by atoms with van der Waals surface area (Å²) in [6.45, 7) is 0.615. The van der Waals surface area contributed by atoms with E-state index in [1.54, 1.807) is 25.4 Å². The molecule has 1 rings (SSSR count). The number of rotatable bonds is 4. The van der Waals surface area contributed by atoms with Crippen molar-refractivity contribution in [2.24, 2.45) is 0 Å². The first-order valence-electron chi connectivity index (χ1n) is 4.70. The fourth-order valence-corrected chi connectivity index (χ4v) is 1.70. The minimum absolute atomic E-state index is 0.0703. The van der Waals surface area contributed by atoms with Gasteiger partial charge >= 0.3 is 6.03 Å². The number of carbonyl (C=O) groups excluding carboxylic acids is 1. The lowest BCUT2D eigenvalue weighted by atomic mass is 10.3. The Hall–Kier alpha value is -1.30. The molecular formula is C9H16N4OS. The van der Waals surface area contributed by atoms with Crippen LogP contribution in [0.5, 0.6) is 0 Å². The molecule has 5 nitrogen and oxygen atoms in total. The average molecular weight is 228 g/mol. The molecule has 0 radical (unpaired) electrons. The van der Waals surface area contributed by atoms with Crippen LogP contribution in [0.3, 0.4) is 0 Å². The van der Waals surface area contributed by atoms with Crippen molar-refractivity contribution in [1.82, 2.24) is 15.2 Å². The van der Waals surface area contributed by atoms with E-state index in [9.17, 15) is 4.79 Å². The van der Waals surface area contributed by atoms with Crippen LogP contribution >= 0.6 is 11.3 Å². The van der Waals surface area contributed by atoms with Gasteiger partial charge in [-0.1, -0.05) is 0 Å². The standard InChI is InChI=1S/C9H16N4OS/c1-10-8-12-7(6-15-8)4-5-11-9(14)13(2)3/h6H,4-5H2,1-3H3,(H,10,12)(H,11,14). The molecule has 0 bridgehead atoms. The fourth-order valence-electron chi connectivity index (χ4n) is 0.992. The zero-order chi connectivity index (χ0) is 11.3. The number of nitrogens with zero attached hydrogens (tertiary/aromatic N) is 2. The van der Waals surface area contributed by atoms with Crippen molar-refractivity contribution in [2.45, 2.75) is 6.42 Å². The van der Waals surface area contributed by atoms with Crippen LogP contribution < -0.4 is 10.6 Å². The van der Waals surface area contributed by atoms with Gasteiger partial charge in [0.05, 0.1) is 5.69 Å². The summed E-state index contributed by atoms with van der Waals surface area (Å²) < 4.78 is 0. The van der Waals surface area contributed by atoms with E-state index >= 15 is 0 Å². The second kappa shape index (κ2) is 5.55. The first-order chi connectivity index (χ1) is 7.13. The highest BCUT2D eigenvalue weighted by molar-refractivity contribution is 7.13. The number of thiazole rings is 1. The third-order valence-corrected chi connectivity index (χ3v) is 2.74. The van der Waals surface area contributed by atoms with Crippen LogP contribution in [0, 0.1) is 0 Å². The third kappa shape index (κ3) is 3.75. The van der Waals surface area contributed by atoms with Gasteiger partial charge in [-0.15, -0.1) is 11.3 Å². The summed E-state index contributed by atoms with van der Waals surface area (Å²) in [5, 5.41) is 8.67. The van der Waals surface area contributed by atoms with Crippen LogP contribution in [0.2, 0.25) is 0 Å². The number of aromatic nitrogens is 1. The molecule has 84 valence electrons. The van der Waals surface area contributed by atoms with E-state index in [1.165, 1.54) is 4.90 Å². The Morgan fingerprint density at radius 1 is 1.60 bits per heavy atom. The summed E-state index contributed by atoms with van der Waals surface area (Å²) in [6, 6.07) is -0.0703. The van der Waals surface area contributed by atoms with Crippen LogP contribution in [-0.4, -0.2) is 43.6 Å². The zero-order valence-electron chi connectivity index (χ0n) is 9.20. The molecule has 2 amide bonds. The second-order valence-corrected chi connectivity index (χ2v) is 4.13. The van der Waals surface area contributed by atoms with E-state index in [0.717, 1.165) is 17.2 Å². The Kier molecular flexibility index (Phi) is 4.36. The number of hydrogen-bond donors (Lipinski definition) is 2. The highest BCUT2D eigenvalue weighted by atomic mass is 32.1. The quantitative estimate of drug-likeness (QED) is 0.808. The Bertz CT molecular complexity index is 324. The topological polar surface area (TPSA) is 57.3 Å². The molecule has 0 fully saturated rings. The van der Waals surface area contributed by atoms with Crippen LogP contribution in [0.15, 0.2) is 5.38 Å². The minimum atomic E-state index is -0.0703. The Balaban J connectivity index is 2.28. The molecule has 2 N–H and O–H groups in total. The van der Waals surface area contributed by atoms with Crippen molar-refractivity contribution in [2.75, 3.05) is 33.0 Å². The van der Waals surface area contributed by atoms with E-state index in [2.05, 4.69) is 15.6 Å². The molecule has 0 saturated carbocycles. The molecule has 0 saturated heterocycles. The molecular weight excluding hydrogens is 212 g/mol. The van der Waals surface area contributed by atoms with Gasteiger partial charge < -0.3 is 15.5 Å². The molecule has 0 unspecified atom stereocenters. The van der Waals surface area contributed by atoms with Crippen molar-refractivity contribution in [3.63, 3.8) is 0 Å². The number of carbonyl (C=O) groups is 1. The lowest BCUT2D eigenvalue weighted by Gasteiger charge is -2.10. The highest BCUT2D eigenvalue weighted by Crippen LogP contribution is 2.14. The molecule has 1 aromatic heterocycles. The van der Waals surface area contributed by atoms with Crippen molar-refractivity contribution < 1.29 is 4.79 Å². The van der Waals surface area contributed by atoms with Crippen molar-refractivity contribution in [1.29, 1.82) is 0 Å². The third-order valence-electron chi connectivity index (χ3n) is 1.83. The summed E-state index contributed by atoms with van der Waals surface area (Å²) in [6.07, 6.45) is 0.762. The molecule has 6 heteroatoms. The predicted octanol–water partition coefficient (Wildman–Crippen LogP) is 0.998. The van der Waals surface area contributed by atoms with Crippen LogP contribution in [0.25, 0.3) is 0 Å². The Labute approximate surface area is 93.5 Å². The van der Waals surface area contributed by atoms with E-state index in [0.29, 0.717) is 6.54 Å². The summed E-state index contributed by atoms with van der Waals surface area (Å²) in [7, 11) is 5.28. The number of amides is 2. The number of anilines is 1. The van der Waals surface area contributed by atoms with Gasteiger partial charge in [0.25, 0.3) is 0 Å². The molecule has 0 aliphatic heterocycles.